The van der Waals surface area contributed by atoms with Crippen molar-refractivity contribution >= 4 is 0 Å². The fourth-order valence-corrected chi connectivity index (χ4v) is 4.07. The number of halogens is 1. The quantitative estimate of drug-likeness (QED) is 0.899. The van der Waals surface area contributed by atoms with Crippen molar-refractivity contribution in [1.29, 1.82) is 0 Å². The normalized spacial score (nSPS) is 32.8. The van der Waals surface area contributed by atoms with E-state index >= 15 is 0 Å². The molecule has 3 heterocycles. The third-order valence-electron chi connectivity index (χ3n) is 5.99. The van der Waals surface area contributed by atoms with E-state index in [2.05, 4.69) is 29.7 Å². The van der Waals surface area contributed by atoms with Crippen LogP contribution in [0, 0.1) is 17.7 Å². The molecule has 25 heavy (non-hydrogen) atoms. The van der Waals surface area contributed by atoms with Gasteiger partial charge in [-0.1, -0.05) is 0 Å². The first-order chi connectivity index (χ1) is 12.1. The number of rotatable bonds is 4. The van der Waals surface area contributed by atoms with Crippen LogP contribution in [0.5, 0.6) is 5.88 Å². The van der Waals surface area contributed by atoms with Gasteiger partial charge >= 0.3 is 0 Å². The van der Waals surface area contributed by atoms with Gasteiger partial charge in [-0.15, -0.1) is 0 Å². The number of nitrogens with zero attached hydrogens (tertiary/aromatic N) is 1. The molecule has 2 saturated heterocycles. The van der Waals surface area contributed by atoms with Crippen molar-refractivity contribution in [3.8, 4) is 17.1 Å². The molecule has 3 aliphatic rings. The molecule has 0 amide bonds. The van der Waals surface area contributed by atoms with Crippen LogP contribution in [-0.4, -0.2) is 30.7 Å². The van der Waals surface area contributed by atoms with E-state index in [0.717, 1.165) is 37.3 Å². The summed E-state index contributed by atoms with van der Waals surface area (Å²) < 4.78 is 19.5. The van der Waals surface area contributed by atoms with E-state index in [-0.39, 0.29) is 17.5 Å². The summed E-state index contributed by atoms with van der Waals surface area (Å²) >= 11 is 0. The predicted molar refractivity (Wildman–Crippen MR) is 93.9 cm³/mol. The number of aromatic nitrogens is 1. The molecular weight excluding hydrogens is 317 g/mol. The average Bonchev–Trinajstić information content (AvgIpc) is 3.02. The first kappa shape index (κ1) is 15.3. The Balaban J connectivity index is 1.50. The summed E-state index contributed by atoms with van der Waals surface area (Å²) in [4.78, 5) is 4.72. The Bertz CT molecular complexity index is 793. The highest BCUT2D eigenvalue weighted by atomic mass is 19.1. The third kappa shape index (κ3) is 2.62. The van der Waals surface area contributed by atoms with E-state index in [9.17, 15) is 4.39 Å². The van der Waals surface area contributed by atoms with Crippen LogP contribution in [0.15, 0.2) is 36.4 Å². The van der Waals surface area contributed by atoms with Gasteiger partial charge in [-0.3, -0.25) is 0 Å². The Labute approximate surface area is 146 Å². The molecule has 1 aromatic carbocycles. The fraction of sp³-hybridized carbons (Fsp3) is 0.450. The molecule has 0 radical (unpaired) electrons. The lowest BCUT2D eigenvalue weighted by molar-refractivity contribution is 0.229. The summed E-state index contributed by atoms with van der Waals surface area (Å²) in [6.07, 6.45) is 1.38. The Morgan fingerprint density at radius 1 is 1.16 bits per heavy atom. The monoisotopic (exact) mass is 339 g/mol. The van der Waals surface area contributed by atoms with Gasteiger partial charge in [-0.05, 0) is 55.8 Å². The molecule has 0 bridgehead atoms. The van der Waals surface area contributed by atoms with E-state index < -0.39 is 0 Å². The van der Waals surface area contributed by atoms with Crippen LogP contribution < -0.4 is 15.4 Å². The number of benzene rings is 1. The first-order valence-corrected chi connectivity index (χ1v) is 9.03. The van der Waals surface area contributed by atoms with Crippen LogP contribution in [-0.2, 0) is 5.54 Å². The first-order valence-electron chi connectivity index (χ1n) is 9.03. The smallest absolute Gasteiger partial charge is 0.214 e. The molecule has 4 nitrogen and oxygen atoms in total. The number of hydrogen-bond donors (Lipinski definition) is 2. The highest BCUT2D eigenvalue weighted by Gasteiger charge is 2.55. The zero-order valence-corrected chi connectivity index (χ0v) is 14.3. The molecule has 130 valence electrons. The van der Waals surface area contributed by atoms with Crippen molar-refractivity contribution in [3.05, 3.63) is 47.8 Å². The summed E-state index contributed by atoms with van der Waals surface area (Å²) in [5.41, 5.74) is 2.91. The highest BCUT2D eigenvalue weighted by molar-refractivity contribution is 5.61. The highest BCUT2D eigenvalue weighted by Crippen LogP contribution is 2.45. The maximum atomic E-state index is 13.3. The summed E-state index contributed by atoms with van der Waals surface area (Å²) in [5.74, 6) is 1.70. The van der Waals surface area contributed by atoms with Crippen LogP contribution in [0.2, 0.25) is 0 Å². The van der Waals surface area contributed by atoms with E-state index in [1.165, 1.54) is 17.7 Å². The Morgan fingerprint density at radius 2 is 1.88 bits per heavy atom. The second kappa shape index (κ2) is 5.51. The van der Waals surface area contributed by atoms with E-state index in [4.69, 9.17) is 9.72 Å². The Hall–Kier alpha value is -1.98. The van der Waals surface area contributed by atoms with E-state index in [0.29, 0.717) is 17.7 Å². The molecule has 2 aliphatic heterocycles. The second-order valence-electron chi connectivity index (χ2n) is 7.66. The second-order valence-corrected chi connectivity index (χ2v) is 7.66. The molecule has 2 N–H and O–H groups in total. The zero-order chi connectivity index (χ0) is 17.0. The summed E-state index contributed by atoms with van der Waals surface area (Å²) in [7, 11) is 0. The van der Waals surface area contributed by atoms with Gasteiger partial charge in [0.2, 0.25) is 5.88 Å². The van der Waals surface area contributed by atoms with Crippen molar-refractivity contribution in [2.24, 2.45) is 11.8 Å². The van der Waals surface area contributed by atoms with Gasteiger partial charge in [0.05, 0.1) is 5.69 Å². The molecule has 1 aliphatic carbocycles. The van der Waals surface area contributed by atoms with Crippen molar-refractivity contribution in [2.45, 2.75) is 25.0 Å². The Kier molecular flexibility index (Phi) is 3.37. The summed E-state index contributed by atoms with van der Waals surface area (Å²) in [5, 5.41) is 6.90. The molecule has 0 spiro atoms. The summed E-state index contributed by atoms with van der Waals surface area (Å²) in [6, 6.07) is 10.7. The minimum absolute atomic E-state index is 0.0309. The molecule has 4 atom stereocenters. The van der Waals surface area contributed by atoms with E-state index in [1.54, 1.807) is 12.1 Å². The maximum absolute atomic E-state index is 13.3. The van der Waals surface area contributed by atoms with Crippen LogP contribution in [0.25, 0.3) is 11.3 Å². The lowest BCUT2D eigenvalue weighted by Crippen LogP contribution is -2.51. The number of nitrogens with one attached hydrogen (secondary N) is 2. The van der Waals surface area contributed by atoms with Crippen molar-refractivity contribution in [1.82, 2.24) is 15.6 Å². The largest absolute Gasteiger partial charge is 0.474 e. The number of fused-ring (bicyclic) bond motifs is 1. The molecule has 2 unspecified atom stereocenters. The van der Waals surface area contributed by atoms with Crippen LogP contribution >= 0.6 is 0 Å². The molecule has 5 heteroatoms. The maximum Gasteiger partial charge on any atom is 0.214 e. The number of piperidine rings is 1. The summed E-state index contributed by atoms with van der Waals surface area (Å²) in [6.45, 7) is 5.32. The van der Waals surface area contributed by atoms with Crippen LogP contribution in [0.4, 0.5) is 4.39 Å². The SMILES string of the molecule is CC1(c2cc(OC3[C@H]4CNC[C@@H]34)nc(-c3ccc(F)cc3)c2)CCN1. The molecule has 3 fully saturated rings. The molecule has 1 saturated carbocycles. The van der Waals surface area contributed by atoms with Crippen LogP contribution in [0.3, 0.4) is 0 Å². The number of ether oxygens (including phenoxy) is 1. The van der Waals surface area contributed by atoms with Crippen molar-refractivity contribution in [3.63, 3.8) is 0 Å². The van der Waals surface area contributed by atoms with Crippen molar-refractivity contribution in [2.75, 3.05) is 19.6 Å². The van der Waals surface area contributed by atoms with Gasteiger partial charge in [0.15, 0.2) is 0 Å². The van der Waals surface area contributed by atoms with E-state index in [1.807, 2.05) is 0 Å². The Morgan fingerprint density at radius 3 is 2.52 bits per heavy atom. The standard InChI is InChI=1S/C20H22FN3O/c1-20(6-7-23-20)13-8-17(12-2-4-14(21)5-3-12)24-18(9-13)25-19-15-10-22-11-16(15)19/h2-5,8-9,15-16,19,22-23H,6-7,10-11H2,1H3/t15-,16+,19?,20?. The predicted octanol–water partition coefficient (Wildman–Crippen LogP) is 2.69. The van der Waals surface area contributed by atoms with Gasteiger partial charge in [-0.2, -0.15) is 0 Å². The minimum atomic E-state index is -0.234. The molecule has 2 aromatic rings. The zero-order valence-electron chi connectivity index (χ0n) is 14.3. The lowest BCUT2D eigenvalue weighted by Gasteiger charge is -2.40. The topological polar surface area (TPSA) is 46.2 Å². The van der Waals surface area contributed by atoms with Gasteiger partial charge in [-0.25, -0.2) is 9.37 Å². The fourth-order valence-electron chi connectivity index (χ4n) is 4.07. The van der Waals surface area contributed by atoms with Gasteiger partial charge in [0.25, 0.3) is 0 Å². The number of hydrogen-bond acceptors (Lipinski definition) is 4. The third-order valence-corrected chi connectivity index (χ3v) is 5.99. The lowest BCUT2D eigenvalue weighted by atomic mass is 9.82. The van der Waals surface area contributed by atoms with Gasteiger partial charge < -0.3 is 15.4 Å². The van der Waals surface area contributed by atoms with Gasteiger partial charge in [0, 0.05) is 42.1 Å². The molecule has 1 aromatic heterocycles. The molecule has 5 rings (SSSR count). The number of pyridine rings is 1. The average molecular weight is 339 g/mol. The van der Waals surface area contributed by atoms with Crippen molar-refractivity contribution < 1.29 is 9.13 Å². The van der Waals surface area contributed by atoms with Crippen LogP contribution in [0.1, 0.15) is 18.9 Å². The molecular formula is C20H22FN3O. The van der Waals surface area contributed by atoms with Gasteiger partial charge in [0.1, 0.15) is 11.9 Å². The minimum Gasteiger partial charge on any atom is -0.474 e.